The standard InChI is InChI=1S/C53H32IN3O/c54-58-51-25-12-11-22-43(51)49-31-44(33-14-3-1-4-15-33)41-28-29-42-45(34-16-5-2-6-17-34)32-50(57-53(42)52(41)56-49)48-24-13-23-47(55-48)35-26-27-40-38-20-8-7-18-36(38)37-19-9-10-21-39(37)46(40)30-35/h1-32H. The molecule has 272 valence electrons. The molecule has 0 N–H and O–H groups in total. The average molecular weight is 854 g/mol. The van der Waals surface area contributed by atoms with Crippen LogP contribution in [0.1, 0.15) is 0 Å². The first-order valence-corrected chi connectivity index (χ1v) is 20.2. The van der Waals surface area contributed by atoms with E-state index in [4.69, 9.17) is 18.0 Å². The van der Waals surface area contributed by atoms with E-state index in [-0.39, 0.29) is 0 Å². The molecule has 0 spiro atoms. The molecule has 3 heterocycles. The molecule has 0 fully saturated rings. The molecule has 58 heavy (non-hydrogen) atoms. The van der Waals surface area contributed by atoms with Crippen LogP contribution in [0.2, 0.25) is 0 Å². The van der Waals surface area contributed by atoms with Crippen molar-refractivity contribution in [2.75, 3.05) is 0 Å². The molecule has 0 saturated carbocycles. The zero-order chi connectivity index (χ0) is 38.6. The fraction of sp³-hybridized carbons (Fsp3) is 0. The maximum Gasteiger partial charge on any atom is 0.192 e. The number of para-hydroxylation sites is 1. The summed E-state index contributed by atoms with van der Waals surface area (Å²) in [6.45, 7) is 0. The van der Waals surface area contributed by atoms with E-state index >= 15 is 0 Å². The average Bonchev–Trinajstić information content (AvgIpc) is 3.31. The molecule has 0 aliphatic carbocycles. The normalized spacial score (nSPS) is 11.5. The minimum Gasteiger partial charge on any atom is -0.427 e. The van der Waals surface area contributed by atoms with E-state index in [1.54, 1.807) is 0 Å². The Morgan fingerprint density at radius 1 is 0.293 bits per heavy atom. The van der Waals surface area contributed by atoms with Gasteiger partial charge in [-0.2, -0.15) is 0 Å². The van der Waals surface area contributed by atoms with Crippen molar-refractivity contribution in [2.24, 2.45) is 0 Å². The molecule has 3 aromatic heterocycles. The van der Waals surface area contributed by atoms with E-state index in [2.05, 4.69) is 170 Å². The van der Waals surface area contributed by atoms with Crippen LogP contribution in [-0.2, 0) is 0 Å². The summed E-state index contributed by atoms with van der Waals surface area (Å²) in [7, 11) is 0. The summed E-state index contributed by atoms with van der Waals surface area (Å²) in [4.78, 5) is 16.2. The van der Waals surface area contributed by atoms with E-state index < -0.39 is 0 Å². The summed E-state index contributed by atoms with van der Waals surface area (Å²) >= 11 is 1.95. The van der Waals surface area contributed by atoms with Gasteiger partial charge >= 0.3 is 0 Å². The zero-order valence-electron chi connectivity index (χ0n) is 31.1. The first kappa shape index (κ1) is 34.3. The molecule has 4 nitrogen and oxygen atoms in total. The SMILES string of the molecule is IOc1ccccc1-c1cc(-c2ccccc2)c2ccc3c(-c4ccccc4)cc(-c4cccc(-c5ccc6c7ccccc7c7ccccc7c6c5)n4)nc3c2n1. The second-order valence-corrected chi connectivity index (χ2v) is 15.0. The van der Waals surface area contributed by atoms with E-state index in [0.717, 1.165) is 83.7 Å². The van der Waals surface area contributed by atoms with Gasteiger partial charge in [-0.3, -0.25) is 0 Å². The fourth-order valence-electron chi connectivity index (χ4n) is 8.51. The number of aromatic nitrogens is 3. The lowest BCUT2D eigenvalue weighted by Crippen LogP contribution is -1.97. The Morgan fingerprint density at radius 2 is 0.776 bits per heavy atom. The lowest BCUT2D eigenvalue weighted by Gasteiger charge is -2.16. The van der Waals surface area contributed by atoms with Crippen molar-refractivity contribution < 1.29 is 3.07 Å². The minimum atomic E-state index is 0.753. The molecular weight excluding hydrogens is 822 g/mol. The van der Waals surface area contributed by atoms with Gasteiger partial charge in [-0.25, -0.2) is 15.0 Å². The van der Waals surface area contributed by atoms with Gasteiger partial charge in [0.1, 0.15) is 5.75 Å². The molecule has 0 bridgehead atoms. The lowest BCUT2D eigenvalue weighted by atomic mass is 9.93. The van der Waals surface area contributed by atoms with Crippen LogP contribution in [0, 0.1) is 0 Å². The number of halogens is 1. The topological polar surface area (TPSA) is 47.9 Å². The first-order valence-electron chi connectivity index (χ1n) is 19.3. The van der Waals surface area contributed by atoms with Crippen LogP contribution in [-0.4, -0.2) is 15.0 Å². The number of nitrogens with zero attached hydrogens (tertiary/aromatic N) is 3. The van der Waals surface area contributed by atoms with Crippen LogP contribution in [0.15, 0.2) is 194 Å². The predicted octanol–water partition coefficient (Wildman–Crippen LogP) is 14.7. The van der Waals surface area contributed by atoms with Crippen molar-refractivity contribution in [1.29, 1.82) is 0 Å². The van der Waals surface area contributed by atoms with Crippen LogP contribution < -0.4 is 3.07 Å². The van der Waals surface area contributed by atoms with E-state index in [1.165, 1.54) is 32.3 Å². The quantitative estimate of drug-likeness (QED) is 0.123. The third kappa shape index (κ3) is 5.77. The Labute approximate surface area is 349 Å². The molecule has 8 aromatic carbocycles. The van der Waals surface area contributed by atoms with Crippen molar-refractivity contribution in [1.82, 2.24) is 15.0 Å². The number of hydrogen-bond acceptors (Lipinski definition) is 4. The van der Waals surface area contributed by atoms with Crippen LogP contribution in [0.3, 0.4) is 0 Å². The largest absolute Gasteiger partial charge is 0.427 e. The summed E-state index contributed by atoms with van der Waals surface area (Å²) in [5.41, 5.74) is 11.2. The van der Waals surface area contributed by atoms with Gasteiger partial charge in [-0.1, -0.05) is 152 Å². The lowest BCUT2D eigenvalue weighted by molar-refractivity contribution is 0.719. The highest BCUT2D eigenvalue weighted by molar-refractivity contribution is 14.1. The number of fused-ring (bicyclic) bond motifs is 9. The van der Waals surface area contributed by atoms with Gasteiger partial charge in [-0.05, 0) is 97.0 Å². The summed E-state index contributed by atoms with van der Waals surface area (Å²) in [5, 5.41) is 9.50. The third-order valence-corrected chi connectivity index (χ3v) is 11.7. The summed E-state index contributed by atoms with van der Waals surface area (Å²) < 4.78 is 5.82. The number of benzene rings is 8. The summed E-state index contributed by atoms with van der Waals surface area (Å²) in [6, 6.07) is 68.1. The second-order valence-electron chi connectivity index (χ2n) is 14.5. The van der Waals surface area contributed by atoms with Gasteiger partial charge in [0.2, 0.25) is 0 Å². The van der Waals surface area contributed by atoms with Crippen LogP contribution >= 0.6 is 23.0 Å². The molecule has 0 unspecified atom stereocenters. The monoisotopic (exact) mass is 853 g/mol. The Morgan fingerprint density at radius 3 is 1.40 bits per heavy atom. The molecule has 0 atom stereocenters. The molecule has 5 heteroatoms. The van der Waals surface area contributed by atoms with Crippen molar-refractivity contribution in [3.8, 4) is 61.9 Å². The predicted molar refractivity (Wildman–Crippen MR) is 249 cm³/mol. The minimum absolute atomic E-state index is 0.753. The molecule has 0 aliphatic heterocycles. The molecule has 0 aliphatic rings. The molecular formula is C53H32IN3O. The van der Waals surface area contributed by atoms with Gasteiger partial charge < -0.3 is 3.07 Å². The second kappa shape index (κ2) is 14.2. The first-order chi connectivity index (χ1) is 28.7. The Kier molecular flexibility index (Phi) is 8.40. The summed E-state index contributed by atoms with van der Waals surface area (Å²) in [6.07, 6.45) is 0. The van der Waals surface area contributed by atoms with Crippen molar-refractivity contribution >= 4 is 77.1 Å². The highest BCUT2D eigenvalue weighted by Crippen LogP contribution is 2.42. The van der Waals surface area contributed by atoms with Crippen LogP contribution in [0.25, 0.3) is 110 Å². The Balaban J connectivity index is 1.15. The number of rotatable bonds is 6. The highest BCUT2D eigenvalue weighted by Gasteiger charge is 2.19. The van der Waals surface area contributed by atoms with E-state index in [1.807, 2.05) is 47.3 Å². The Hall–Kier alpha value is -6.96. The van der Waals surface area contributed by atoms with Crippen LogP contribution in [0.5, 0.6) is 5.75 Å². The highest BCUT2D eigenvalue weighted by atomic mass is 127. The van der Waals surface area contributed by atoms with E-state index in [0.29, 0.717) is 0 Å². The molecule has 0 radical (unpaired) electrons. The molecule has 11 rings (SSSR count). The smallest absolute Gasteiger partial charge is 0.192 e. The van der Waals surface area contributed by atoms with Crippen molar-refractivity contribution in [3.63, 3.8) is 0 Å². The number of hydrogen-bond donors (Lipinski definition) is 0. The maximum atomic E-state index is 5.82. The van der Waals surface area contributed by atoms with Gasteiger partial charge in [0.15, 0.2) is 23.0 Å². The van der Waals surface area contributed by atoms with Crippen LogP contribution in [0.4, 0.5) is 0 Å². The zero-order valence-corrected chi connectivity index (χ0v) is 33.3. The molecule has 0 amide bonds. The fourth-order valence-corrected chi connectivity index (χ4v) is 8.89. The summed E-state index contributed by atoms with van der Waals surface area (Å²) in [5.74, 6) is 0.753. The Bertz CT molecular complexity index is 3350. The molecule has 11 aromatic rings. The third-order valence-electron chi connectivity index (χ3n) is 11.2. The number of pyridine rings is 3. The van der Waals surface area contributed by atoms with Gasteiger partial charge in [-0.15, -0.1) is 0 Å². The van der Waals surface area contributed by atoms with Gasteiger partial charge in [0.25, 0.3) is 0 Å². The van der Waals surface area contributed by atoms with E-state index in [9.17, 15) is 0 Å². The van der Waals surface area contributed by atoms with Gasteiger partial charge in [0, 0.05) is 21.9 Å². The molecule has 0 saturated heterocycles. The maximum absolute atomic E-state index is 5.82. The van der Waals surface area contributed by atoms with Crippen molar-refractivity contribution in [2.45, 2.75) is 0 Å². The van der Waals surface area contributed by atoms with Crippen molar-refractivity contribution in [3.05, 3.63) is 194 Å². The van der Waals surface area contributed by atoms with Gasteiger partial charge in [0.05, 0.1) is 33.8 Å².